The molecular weight excluding hydrogens is 240 g/mol. The fourth-order valence-corrected chi connectivity index (χ4v) is 2.48. The van der Waals surface area contributed by atoms with E-state index < -0.39 is 0 Å². The van der Waals surface area contributed by atoms with Gasteiger partial charge in [-0.3, -0.25) is 0 Å². The maximum atomic E-state index is 4.28. The van der Waals surface area contributed by atoms with Crippen molar-refractivity contribution in [3.63, 3.8) is 0 Å². The maximum absolute atomic E-state index is 4.28. The van der Waals surface area contributed by atoms with E-state index in [-0.39, 0.29) is 0 Å². The van der Waals surface area contributed by atoms with Crippen molar-refractivity contribution < 1.29 is 0 Å². The number of benzene rings is 1. The van der Waals surface area contributed by atoms with Crippen LogP contribution < -0.4 is 5.32 Å². The number of hydrogen-bond donors (Lipinski definition) is 1. The van der Waals surface area contributed by atoms with E-state index in [0.717, 1.165) is 18.1 Å². The first-order chi connectivity index (χ1) is 8.78. The Kier molecular flexibility index (Phi) is 4.65. The van der Waals surface area contributed by atoms with Crippen LogP contribution in [0.2, 0.25) is 0 Å². The van der Waals surface area contributed by atoms with Crippen LogP contribution in [0.5, 0.6) is 0 Å². The number of aryl methyl sites for hydroxylation is 1. The lowest BCUT2D eigenvalue weighted by atomic mass is 10.2. The first-order valence-electron chi connectivity index (χ1n) is 6.16. The van der Waals surface area contributed by atoms with Crippen molar-refractivity contribution in [2.45, 2.75) is 24.5 Å². The minimum atomic E-state index is 0.904. The number of rotatable bonds is 5. The highest BCUT2D eigenvalue weighted by Gasteiger charge is 1.98. The van der Waals surface area contributed by atoms with E-state index in [4.69, 9.17) is 0 Å². The molecule has 2 rings (SSSR count). The number of nitrogens with zero attached hydrogens (tertiary/aromatic N) is 1. The Morgan fingerprint density at radius 2 is 1.94 bits per heavy atom. The van der Waals surface area contributed by atoms with Gasteiger partial charge in [0.1, 0.15) is 5.82 Å². The Morgan fingerprint density at radius 1 is 1.17 bits per heavy atom. The van der Waals surface area contributed by atoms with Gasteiger partial charge >= 0.3 is 0 Å². The summed E-state index contributed by atoms with van der Waals surface area (Å²) in [4.78, 5) is 5.58. The number of hydrogen-bond acceptors (Lipinski definition) is 3. The fraction of sp³-hybridized carbons (Fsp3) is 0.267. The molecule has 0 atom stereocenters. The van der Waals surface area contributed by atoms with Gasteiger partial charge in [-0.05, 0) is 43.7 Å². The predicted octanol–water partition coefficient (Wildman–Crippen LogP) is 4.11. The molecule has 1 heterocycles. The first-order valence-corrected chi connectivity index (χ1v) is 7.15. The second kappa shape index (κ2) is 6.45. The molecule has 0 radical (unpaired) electrons. The van der Waals surface area contributed by atoms with Gasteiger partial charge in [-0.2, -0.15) is 0 Å². The lowest BCUT2D eigenvalue weighted by molar-refractivity contribution is 1.15. The van der Waals surface area contributed by atoms with Gasteiger partial charge in [-0.1, -0.05) is 17.7 Å². The van der Waals surface area contributed by atoms with Crippen molar-refractivity contribution in [2.75, 3.05) is 11.9 Å². The van der Waals surface area contributed by atoms with Crippen LogP contribution in [0.3, 0.4) is 0 Å². The molecule has 0 saturated heterocycles. The summed E-state index contributed by atoms with van der Waals surface area (Å²) in [5.41, 5.74) is 2.60. The lowest BCUT2D eigenvalue weighted by Gasteiger charge is -2.05. The number of nitrogens with one attached hydrogen (secondary N) is 1. The number of pyridine rings is 1. The largest absolute Gasteiger partial charge is 0.370 e. The quantitative estimate of drug-likeness (QED) is 0.817. The topological polar surface area (TPSA) is 24.9 Å². The van der Waals surface area contributed by atoms with E-state index in [1.807, 2.05) is 18.0 Å². The summed E-state index contributed by atoms with van der Waals surface area (Å²) in [6.07, 6.45) is 1.86. The van der Waals surface area contributed by atoms with Gasteiger partial charge < -0.3 is 5.32 Å². The predicted molar refractivity (Wildman–Crippen MR) is 79.1 cm³/mol. The SMILES string of the molecule is CCNc1cc(CSc2ccc(C)cc2)ccn1. The lowest BCUT2D eigenvalue weighted by Crippen LogP contribution is -1.99. The summed E-state index contributed by atoms with van der Waals surface area (Å²) in [6, 6.07) is 12.8. The highest BCUT2D eigenvalue weighted by molar-refractivity contribution is 7.98. The summed E-state index contributed by atoms with van der Waals surface area (Å²) in [6.45, 7) is 5.09. The summed E-state index contributed by atoms with van der Waals surface area (Å²) < 4.78 is 0. The Labute approximate surface area is 113 Å². The van der Waals surface area contributed by atoms with E-state index in [2.05, 4.69) is 60.5 Å². The molecule has 0 bridgehead atoms. The monoisotopic (exact) mass is 258 g/mol. The summed E-state index contributed by atoms with van der Waals surface area (Å²) in [5, 5.41) is 3.23. The molecule has 0 spiro atoms. The molecule has 2 aromatic rings. The fourth-order valence-electron chi connectivity index (χ4n) is 1.64. The molecule has 2 nitrogen and oxygen atoms in total. The van der Waals surface area contributed by atoms with Crippen molar-refractivity contribution in [1.82, 2.24) is 4.98 Å². The Morgan fingerprint density at radius 3 is 2.67 bits per heavy atom. The molecule has 0 fully saturated rings. The molecule has 0 aliphatic carbocycles. The molecule has 0 saturated carbocycles. The van der Waals surface area contributed by atoms with Crippen molar-refractivity contribution in [3.8, 4) is 0 Å². The summed E-state index contributed by atoms with van der Waals surface area (Å²) in [5.74, 6) is 1.93. The van der Waals surface area contributed by atoms with Crippen molar-refractivity contribution in [1.29, 1.82) is 0 Å². The average Bonchev–Trinajstić information content (AvgIpc) is 2.39. The van der Waals surface area contributed by atoms with Crippen LogP contribution in [0.15, 0.2) is 47.5 Å². The van der Waals surface area contributed by atoms with Gasteiger partial charge in [0, 0.05) is 23.4 Å². The number of aromatic nitrogens is 1. The third-order valence-corrected chi connectivity index (χ3v) is 3.69. The molecule has 0 amide bonds. The third kappa shape index (κ3) is 3.77. The van der Waals surface area contributed by atoms with Crippen LogP contribution in [-0.2, 0) is 5.75 Å². The Bertz CT molecular complexity index is 494. The summed E-state index contributed by atoms with van der Waals surface area (Å²) >= 11 is 1.85. The maximum Gasteiger partial charge on any atom is 0.126 e. The minimum Gasteiger partial charge on any atom is -0.370 e. The van der Waals surface area contributed by atoms with Gasteiger partial charge in [0.25, 0.3) is 0 Å². The number of anilines is 1. The van der Waals surface area contributed by atoms with Crippen LogP contribution in [0.4, 0.5) is 5.82 Å². The zero-order valence-electron chi connectivity index (χ0n) is 10.8. The van der Waals surface area contributed by atoms with E-state index in [9.17, 15) is 0 Å². The third-order valence-electron chi connectivity index (χ3n) is 2.61. The van der Waals surface area contributed by atoms with Gasteiger partial charge in [0.15, 0.2) is 0 Å². The first kappa shape index (κ1) is 13.0. The second-order valence-corrected chi connectivity index (χ2v) is 5.23. The van der Waals surface area contributed by atoms with Crippen molar-refractivity contribution >= 4 is 17.6 Å². The van der Waals surface area contributed by atoms with Gasteiger partial charge in [0.05, 0.1) is 0 Å². The highest BCUT2D eigenvalue weighted by atomic mass is 32.2. The molecule has 0 aliphatic rings. The molecule has 0 aliphatic heterocycles. The Balaban J connectivity index is 1.97. The van der Waals surface area contributed by atoms with Gasteiger partial charge in [-0.15, -0.1) is 11.8 Å². The van der Waals surface area contributed by atoms with E-state index in [1.54, 1.807) is 0 Å². The standard InChI is InChI=1S/C15H18N2S/c1-3-16-15-10-13(8-9-17-15)11-18-14-6-4-12(2)5-7-14/h4-10H,3,11H2,1-2H3,(H,16,17). The second-order valence-electron chi connectivity index (χ2n) is 4.18. The molecule has 94 valence electrons. The molecule has 1 N–H and O–H groups in total. The molecule has 1 aromatic carbocycles. The minimum absolute atomic E-state index is 0.904. The van der Waals surface area contributed by atoms with Crippen molar-refractivity contribution in [3.05, 3.63) is 53.7 Å². The van der Waals surface area contributed by atoms with Crippen LogP contribution in [-0.4, -0.2) is 11.5 Å². The normalized spacial score (nSPS) is 10.3. The van der Waals surface area contributed by atoms with Crippen LogP contribution in [0, 0.1) is 6.92 Å². The zero-order chi connectivity index (χ0) is 12.8. The number of thioether (sulfide) groups is 1. The Hall–Kier alpha value is -1.48. The van der Waals surface area contributed by atoms with Gasteiger partial charge in [-0.25, -0.2) is 4.98 Å². The average molecular weight is 258 g/mol. The van der Waals surface area contributed by atoms with Crippen LogP contribution in [0.25, 0.3) is 0 Å². The molecule has 1 aromatic heterocycles. The summed E-state index contributed by atoms with van der Waals surface area (Å²) in [7, 11) is 0. The molecular formula is C15H18N2S. The highest BCUT2D eigenvalue weighted by Crippen LogP contribution is 2.23. The molecule has 3 heteroatoms. The van der Waals surface area contributed by atoms with E-state index in [0.29, 0.717) is 0 Å². The molecule has 18 heavy (non-hydrogen) atoms. The smallest absolute Gasteiger partial charge is 0.126 e. The van der Waals surface area contributed by atoms with Crippen molar-refractivity contribution in [2.24, 2.45) is 0 Å². The van der Waals surface area contributed by atoms with E-state index in [1.165, 1.54) is 16.0 Å². The van der Waals surface area contributed by atoms with Crippen LogP contribution >= 0.6 is 11.8 Å². The van der Waals surface area contributed by atoms with Crippen LogP contribution in [0.1, 0.15) is 18.1 Å². The van der Waals surface area contributed by atoms with Gasteiger partial charge in [0.2, 0.25) is 0 Å². The zero-order valence-corrected chi connectivity index (χ0v) is 11.6. The van der Waals surface area contributed by atoms with E-state index >= 15 is 0 Å². The molecule has 0 unspecified atom stereocenters.